The molecule has 0 spiro atoms. The molecular formula is C14H14O2S. The lowest BCUT2D eigenvalue weighted by Crippen LogP contribution is -2.04. The van der Waals surface area contributed by atoms with Gasteiger partial charge in [0.2, 0.25) is 0 Å². The van der Waals surface area contributed by atoms with E-state index in [4.69, 9.17) is 4.74 Å². The molecule has 0 fully saturated rings. The zero-order chi connectivity index (χ0) is 12.4. The average molecular weight is 246 g/mol. The molecule has 0 N–H and O–H groups in total. The van der Waals surface area contributed by atoms with Gasteiger partial charge in [-0.15, -0.1) is 11.3 Å². The van der Waals surface area contributed by atoms with E-state index in [-0.39, 0.29) is 5.97 Å². The van der Waals surface area contributed by atoms with Crippen LogP contribution in [-0.2, 0) is 4.74 Å². The van der Waals surface area contributed by atoms with Gasteiger partial charge in [-0.25, -0.2) is 4.79 Å². The average Bonchev–Trinajstić information content (AvgIpc) is 2.70. The highest BCUT2D eigenvalue weighted by atomic mass is 32.1. The molecule has 3 heteroatoms. The van der Waals surface area contributed by atoms with E-state index >= 15 is 0 Å². The van der Waals surface area contributed by atoms with Crippen LogP contribution in [0.15, 0.2) is 24.1 Å². The molecule has 0 aliphatic rings. The van der Waals surface area contributed by atoms with Gasteiger partial charge in [-0.2, -0.15) is 0 Å². The Kier molecular flexibility index (Phi) is 3.29. The molecule has 0 atom stereocenters. The first kappa shape index (κ1) is 11.9. The Balaban J connectivity index is 2.61. The van der Waals surface area contributed by atoms with E-state index in [0.717, 1.165) is 10.3 Å². The maximum atomic E-state index is 11.7. The number of ether oxygens (including phenoxy) is 1. The molecule has 2 nitrogen and oxygen atoms in total. The van der Waals surface area contributed by atoms with Gasteiger partial charge in [0, 0.05) is 10.1 Å². The van der Waals surface area contributed by atoms with Gasteiger partial charge in [0.15, 0.2) is 0 Å². The van der Waals surface area contributed by atoms with Crippen molar-refractivity contribution in [2.75, 3.05) is 6.61 Å². The highest BCUT2D eigenvalue weighted by molar-refractivity contribution is 7.17. The van der Waals surface area contributed by atoms with Crippen molar-refractivity contribution in [2.45, 2.75) is 13.8 Å². The van der Waals surface area contributed by atoms with Gasteiger partial charge in [0.05, 0.1) is 12.2 Å². The van der Waals surface area contributed by atoms with Crippen molar-refractivity contribution < 1.29 is 9.53 Å². The van der Waals surface area contributed by atoms with Crippen LogP contribution in [-0.4, -0.2) is 12.6 Å². The normalized spacial score (nSPS) is 10.5. The lowest BCUT2D eigenvalue weighted by atomic mass is 10.0. The Morgan fingerprint density at radius 2 is 2.29 bits per heavy atom. The first-order chi connectivity index (χ1) is 8.17. The van der Waals surface area contributed by atoms with Crippen molar-refractivity contribution in [1.82, 2.24) is 0 Å². The zero-order valence-corrected chi connectivity index (χ0v) is 10.8. The lowest BCUT2D eigenvalue weighted by Gasteiger charge is -2.05. The molecule has 0 aliphatic heterocycles. The molecule has 0 amide bonds. The Morgan fingerprint density at radius 3 is 2.94 bits per heavy atom. The van der Waals surface area contributed by atoms with E-state index in [2.05, 4.69) is 18.9 Å². The highest BCUT2D eigenvalue weighted by Gasteiger charge is 2.12. The van der Waals surface area contributed by atoms with Gasteiger partial charge in [0.25, 0.3) is 0 Å². The predicted octanol–water partition coefficient (Wildman–Crippen LogP) is 4.03. The number of benzene rings is 1. The van der Waals surface area contributed by atoms with Crippen LogP contribution in [0.3, 0.4) is 0 Å². The van der Waals surface area contributed by atoms with E-state index in [1.54, 1.807) is 24.3 Å². The Hall–Kier alpha value is -1.61. The van der Waals surface area contributed by atoms with Crippen LogP contribution in [0.1, 0.15) is 28.4 Å². The highest BCUT2D eigenvalue weighted by Crippen LogP contribution is 2.30. The standard InChI is InChI=1S/C14H14O2S/c1-4-10-6-11(14(15)16-5-2)7-12-13(10)9(3)8-17-12/h4,6-8H,1,5H2,2-3H3. The summed E-state index contributed by atoms with van der Waals surface area (Å²) in [5.41, 5.74) is 2.80. The molecule has 0 saturated heterocycles. The molecule has 1 aromatic carbocycles. The summed E-state index contributed by atoms with van der Waals surface area (Å²) in [6.07, 6.45) is 1.78. The van der Waals surface area contributed by atoms with Crippen LogP contribution < -0.4 is 0 Å². The Labute approximate surface area is 105 Å². The number of rotatable bonds is 3. The molecule has 2 aromatic rings. The molecule has 1 heterocycles. The summed E-state index contributed by atoms with van der Waals surface area (Å²) in [4.78, 5) is 11.7. The Morgan fingerprint density at radius 1 is 1.53 bits per heavy atom. The fraction of sp³-hybridized carbons (Fsp3) is 0.214. The van der Waals surface area contributed by atoms with Crippen LogP contribution in [0.2, 0.25) is 0 Å². The molecule has 0 saturated carbocycles. The van der Waals surface area contributed by atoms with Crippen LogP contribution in [0.5, 0.6) is 0 Å². The number of aryl methyl sites for hydroxylation is 1. The molecule has 0 bridgehead atoms. The summed E-state index contributed by atoms with van der Waals surface area (Å²) in [5, 5.41) is 3.27. The number of hydrogen-bond donors (Lipinski definition) is 0. The summed E-state index contributed by atoms with van der Waals surface area (Å²) >= 11 is 1.64. The third-order valence-corrected chi connectivity index (χ3v) is 3.67. The molecule has 88 valence electrons. The minimum atomic E-state index is -0.274. The first-order valence-corrected chi connectivity index (χ1v) is 6.36. The van der Waals surface area contributed by atoms with Gasteiger partial charge in [0.1, 0.15) is 0 Å². The van der Waals surface area contributed by atoms with Crippen LogP contribution in [0.4, 0.5) is 0 Å². The molecule has 2 rings (SSSR count). The SMILES string of the molecule is C=Cc1cc(C(=O)OCC)cc2scc(C)c12. The van der Waals surface area contributed by atoms with Gasteiger partial charge >= 0.3 is 5.97 Å². The lowest BCUT2D eigenvalue weighted by molar-refractivity contribution is 0.0526. The maximum Gasteiger partial charge on any atom is 0.338 e. The van der Waals surface area contributed by atoms with Gasteiger partial charge in [-0.3, -0.25) is 0 Å². The Bertz CT molecular complexity index is 581. The molecule has 0 unspecified atom stereocenters. The van der Waals surface area contributed by atoms with Crippen molar-refractivity contribution in [1.29, 1.82) is 0 Å². The quantitative estimate of drug-likeness (QED) is 0.764. The predicted molar refractivity (Wildman–Crippen MR) is 72.6 cm³/mol. The summed E-state index contributed by atoms with van der Waals surface area (Å²) < 4.78 is 6.11. The molecule has 0 radical (unpaired) electrons. The largest absolute Gasteiger partial charge is 0.462 e. The topological polar surface area (TPSA) is 26.3 Å². The third-order valence-electron chi connectivity index (χ3n) is 2.62. The van der Waals surface area contributed by atoms with Crippen molar-refractivity contribution in [3.05, 3.63) is 40.8 Å². The second-order valence-electron chi connectivity index (χ2n) is 3.78. The molecule has 1 aromatic heterocycles. The number of hydrogen-bond acceptors (Lipinski definition) is 3. The number of fused-ring (bicyclic) bond motifs is 1. The summed E-state index contributed by atoms with van der Waals surface area (Å²) in [6.45, 7) is 8.06. The van der Waals surface area contributed by atoms with Crippen molar-refractivity contribution in [3.63, 3.8) is 0 Å². The van der Waals surface area contributed by atoms with Gasteiger partial charge < -0.3 is 4.74 Å². The summed E-state index contributed by atoms with van der Waals surface area (Å²) in [6, 6.07) is 3.73. The zero-order valence-electron chi connectivity index (χ0n) is 9.95. The summed E-state index contributed by atoms with van der Waals surface area (Å²) in [7, 11) is 0. The molecule has 0 aliphatic carbocycles. The first-order valence-electron chi connectivity index (χ1n) is 5.48. The second kappa shape index (κ2) is 4.72. The van der Waals surface area contributed by atoms with E-state index in [9.17, 15) is 4.79 Å². The smallest absolute Gasteiger partial charge is 0.338 e. The number of esters is 1. The van der Waals surface area contributed by atoms with Gasteiger partial charge in [-0.1, -0.05) is 12.7 Å². The fourth-order valence-electron chi connectivity index (χ4n) is 1.86. The minimum Gasteiger partial charge on any atom is -0.462 e. The summed E-state index contributed by atoms with van der Waals surface area (Å²) in [5.74, 6) is -0.274. The maximum absolute atomic E-state index is 11.7. The van der Waals surface area contributed by atoms with Crippen LogP contribution in [0, 0.1) is 6.92 Å². The van der Waals surface area contributed by atoms with E-state index in [1.165, 1.54) is 10.9 Å². The van der Waals surface area contributed by atoms with Crippen molar-refractivity contribution >= 4 is 33.5 Å². The second-order valence-corrected chi connectivity index (χ2v) is 4.69. The van der Waals surface area contributed by atoms with E-state index < -0.39 is 0 Å². The van der Waals surface area contributed by atoms with Gasteiger partial charge in [-0.05, 0) is 42.5 Å². The number of carbonyl (C=O) groups is 1. The van der Waals surface area contributed by atoms with E-state index in [0.29, 0.717) is 12.2 Å². The monoisotopic (exact) mass is 246 g/mol. The minimum absolute atomic E-state index is 0.274. The van der Waals surface area contributed by atoms with Crippen LogP contribution in [0.25, 0.3) is 16.2 Å². The van der Waals surface area contributed by atoms with Crippen molar-refractivity contribution in [3.8, 4) is 0 Å². The third kappa shape index (κ3) is 2.11. The van der Waals surface area contributed by atoms with E-state index in [1.807, 2.05) is 12.1 Å². The fourth-order valence-corrected chi connectivity index (χ4v) is 2.87. The van der Waals surface area contributed by atoms with Crippen LogP contribution >= 0.6 is 11.3 Å². The molecular weight excluding hydrogens is 232 g/mol. The van der Waals surface area contributed by atoms with Crippen molar-refractivity contribution in [2.24, 2.45) is 0 Å². The number of thiophene rings is 1. The molecule has 17 heavy (non-hydrogen) atoms. The number of carbonyl (C=O) groups excluding carboxylic acids is 1.